The van der Waals surface area contributed by atoms with E-state index in [-0.39, 0.29) is 23.6 Å². The van der Waals surface area contributed by atoms with E-state index in [0.717, 1.165) is 25.7 Å². The number of nitrogens with one attached hydrogen (secondary N) is 1. The Morgan fingerprint density at radius 3 is 2.40 bits per heavy atom. The topological polar surface area (TPSA) is 69.7 Å². The SMILES string of the molecule is O=C(NCCC(=O)N1CCN(C(=O)C2CCCC2)CC1)c1ccsc1. The Kier molecular flexibility index (Phi) is 6.07. The highest BCUT2D eigenvalue weighted by molar-refractivity contribution is 7.08. The van der Waals surface area contributed by atoms with Gasteiger partial charge in [-0.2, -0.15) is 11.3 Å². The maximum Gasteiger partial charge on any atom is 0.252 e. The molecule has 3 rings (SSSR count). The number of piperazine rings is 1. The van der Waals surface area contributed by atoms with E-state index in [1.807, 2.05) is 10.3 Å². The Hall–Kier alpha value is -1.89. The van der Waals surface area contributed by atoms with Crippen LogP contribution in [-0.2, 0) is 9.59 Å². The van der Waals surface area contributed by atoms with Gasteiger partial charge in [0.2, 0.25) is 11.8 Å². The molecule has 2 fully saturated rings. The van der Waals surface area contributed by atoms with Gasteiger partial charge in [-0.05, 0) is 24.3 Å². The van der Waals surface area contributed by atoms with Gasteiger partial charge in [0.05, 0.1) is 0 Å². The second kappa shape index (κ2) is 8.47. The molecule has 6 nitrogen and oxygen atoms in total. The first kappa shape index (κ1) is 17.9. The largest absolute Gasteiger partial charge is 0.351 e. The minimum Gasteiger partial charge on any atom is -0.351 e. The molecule has 1 N–H and O–H groups in total. The van der Waals surface area contributed by atoms with Crippen LogP contribution in [0.5, 0.6) is 0 Å². The average molecular weight is 363 g/mol. The first-order chi connectivity index (χ1) is 12.1. The molecule has 0 radical (unpaired) electrons. The summed E-state index contributed by atoms with van der Waals surface area (Å²) in [7, 11) is 0. The number of carbonyl (C=O) groups excluding carboxylic acids is 3. The molecule has 0 bridgehead atoms. The van der Waals surface area contributed by atoms with E-state index in [1.165, 1.54) is 11.3 Å². The molecule has 0 aromatic carbocycles. The van der Waals surface area contributed by atoms with E-state index in [2.05, 4.69) is 5.32 Å². The highest BCUT2D eigenvalue weighted by Gasteiger charge is 2.30. The second-order valence-electron chi connectivity index (χ2n) is 6.71. The van der Waals surface area contributed by atoms with E-state index in [9.17, 15) is 14.4 Å². The molecule has 1 saturated carbocycles. The van der Waals surface area contributed by atoms with Crippen LogP contribution in [0.3, 0.4) is 0 Å². The summed E-state index contributed by atoms with van der Waals surface area (Å²) < 4.78 is 0. The van der Waals surface area contributed by atoms with Crippen molar-refractivity contribution in [2.75, 3.05) is 32.7 Å². The van der Waals surface area contributed by atoms with E-state index in [4.69, 9.17) is 0 Å². The number of nitrogens with zero attached hydrogens (tertiary/aromatic N) is 2. The summed E-state index contributed by atoms with van der Waals surface area (Å²) in [6, 6.07) is 1.77. The Bertz CT molecular complexity index is 603. The summed E-state index contributed by atoms with van der Waals surface area (Å²) in [5, 5.41) is 6.42. The molecule has 1 aliphatic carbocycles. The molecule has 0 atom stereocenters. The van der Waals surface area contributed by atoms with Crippen molar-refractivity contribution >= 4 is 29.1 Å². The summed E-state index contributed by atoms with van der Waals surface area (Å²) in [4.78, 5) is 40.2. The molecule has 7 heteroatoms. The van der Waals surface area contributed by atoms with Gasteiger partial charge in [0.15, 0.2) is 0 Å². The molecule has 2 heterocycles. The van der Waals surface area contributed by atoms with Crippen LogP contribution in [0.1, 0.15) is 42.5 Å². The minimum atomic E-state index is -0.138. The number of rotatable bonds is 5. The molecule has 1 aromatic rings. The predicted octanol–water partition coefficient (Wildman–Crippen LogP) is 1.73. The van der Waals surface area contributed by atoms with Crippen molar-refractivity contribution in [3.8, 4) is 0 Å². The van der Waals surface area contributed by atoms with Gasteiger partial charge in [0.1, 0.15) is 0 Å². The summed E-state index contributed by atoms with van der Waals surface area (Å²) in [5.41, 5.74) is 0.636. The van der Waals surface area contributed by atoms with Gasteiger partial charge >= 0.3 is 0 Å². The first-order valence-electron chi connectivity index (χ1n) is 9.02. The van der Waals surface area contributed by atoms with Crippen molar-refractivity contribution in [2.24, 2.45) is 5.92 Å². The molecule has 1 aromatic heterocycles. The van der Waals surface area contributed by atoms with Crippen LogP contribution >= 0.6 is 11.3 Å². The molecule has 1 saturated heterocycles. The molecule has 136 valence electrons. The van der Waals surface area contributed by atoms with Gasteiger partial charge in [-0.15, -0.1) is 0 Å². The van der Waals surface area contributed by atoms with Gasteiger partial charge < -0.3 is 15.1 Å². The number of thiophene rings is 1. The molecule has 25 heavy (non-hydrogen) atoms. The summed E-state index contributed by atoms with van der Waals surface area (Å²) in [6.45, 7) is 2.78. The van der Waals surface area contributed by atoms with Crippen LogP contribution in [-0.4, -0.2) is 60.2 Å². The smallest absolute Gasteiger partial charge is 0.252 e. The lowest BCUT2D eigenvalue weighted by atomic mass is 10.1. The van der Waals surface area contributed by atoms with Crippen LogP contribution in [0.15, 0.2) is 16.8 Å². The maximum atomic E-state index is 12.4. The number of amides is 3. The fourth-order valence-electron chi connectivity index (χ4n) is 3.54. The monoisotopic (exact) mass is 363 g/mol. The highest BCUT2D eigenvalue weighted by Crippen LogP contribution is 2.26. The zero-order valence-electron chi connectivity index (χ0n) is 14.4. The normalized spacial score (nSPS) is 18.4. The van der Waals surface area contributed by atoms with Gasteiger partial charge in [-0.25, -0.2) is 0 Å². The Labute approximate surface area is 152 Å². The molecule has 1 aliphatic heterocycles. The van der Waals surface area contributed by atoms with E-state index in [1.54, 1.807) is 16.3 Å². The lowest BCUT2D eigenvalue weighted by molar-refractivity contribution is -0.142. The minimum absolute atomic E-state index is 0.0404. The summed E-state index contributed by atoms with van der Waals surface area (Å²) in [5.74, 6) is 0.377. The Morgan fingerprint density at radius 1 is 1.08 bits per heavy atom. The molecule has 2 aliphatic rings. The third kappa shape index (κ3) is 4.60. The zero-order chi connectivity index (χ0) is 17.6. The molecular weight excluding hydrogens is 338 g/mol. The number of carbonyl (C=O) groups is 3. The van der Waals surface area contributed by atoms with Crippen LogP contribution in [0, 0.1) is 5.92 Å². The molecule has 3 amide bonds. The maximum absolute atomic E-state index is 12.4. The van der Waals surface area contributed by atoms with Crippen LogP contribution in [0.2, 0.25) is 0 Å². The first-order valence-corrected chi connectivity index (χ1v) is 9.96. The van der Waals surface area contributed by atoms with E-state index >= 15 is 0 Å². The van der Waals surface area contributed by atoms with Crippen molar-refractivity contribution in [1.29, 1.82) is 0 Å². The standard InChI is InChI=1S/C18H25N3O3S/c22-16(5-7-19-17(23)15-6-12-25-13-15)20-8-10-21(11-9-20)18(24)14-3-1-2-4-14/h6,12-14H,1-5,7-11H2,(H,19,23). The average Bonchev–Trinajstić information content (AvgIpc) is 3.34. The van der Waals surface area contributed by atoms with Gasteiger partial charge in [0, 0.05) is 56.0 Å². The zero-order valence-corrected chi connectivity index (χ0v) is 15.2. The van der Waals surface area contributed by atoms with Crippen LogP contribution in [0.4, 0.5) is 0 Å². The van der Waals surface area contributed by atoms with Gasteiger partial charge in [-0.1, -0.05) is 12.8 Å². The third-order valence-corrected chi connectivity index (χ3v) is 5.74. The van der Waals surface area contributed by atoms with Crippen molar-refractivity contribution < 1.29 is 14.4 Å². The van der Waals surface area contributed by atoms with Crippen molar-refractivity contribution in [2.45, 2.75) is 32.1 Å². The van der Waals surface area contributed by atoms with Crippen molar-refractivity contribution in [3.05, 3.63) is 22.4 Å². The molecule has 0 unspecified atom stereocenters. The fraction of sp³-hybridized carbons (Fsp3) is 0.611. The Balaban J connectivity index is 1.36. The third-order valence-electron chi connectivity index (χ3n) is 5.06. The van der Waals surface area contributed by atoms with E-state index in [0.29, 0.717) is 44.7 Å². The lowest BCUT2D eigenvalue weighted by Gasteiger charge is -2.36. The summed E-state index contributed by atoms with van der Waals surface area (Å²) in [6.07, 6.45) is 4.65. The fourth-order valence-corrected chi connectivity index (χ4v) is 4.18. The van der Waals surface area contributed by atoms with E-state index < -0.39 is 0 Å². The van der Waals surface area contributed by atoms with Gasteiger partial charge in [-0.3, -0.25) is 14.4 Å². The highest BCUT2D eigenvalue weighted by atomic mass is 32.1. The second-order valence-corrected chi connectivity index (χ2v) is 7.49. The summed E-state index contributed by atoms with van der Waals surface area (Å²) >= 11 is 1.47. The van der Waals surface area contributed by atoms with Crippen molar-refractivity contribution in [3.63, 3.8) is 0 Å². The number of hydrogen-bond donors (Lipinski definition) is 1. The number of hydrogen-bond acceptors (Lipinski definition) is 4. The van der Waals surface area contributed by atoms with Crippen LogP contribution in [0.25, 0.3) is 0 Å². The lowest BCUT2D eigenvalue weighted by Crippen LogP contribution is -2.52. The Morgan fingerprint density at radius 2 is 1.76 bits per heavy atom. The predicted molar refractivity (Wildman–Crippen MR) is 96.4 cm³/mol. The molecule has 0 spiro atoms. The van der Waals surface area contributed by atoms with Gasteiger partial charge in [0.25, 0.3) is 5.91 Å². The van der Waals surface area contributed by atoms with Crippen molar-refractivity contribution in [1.82, 2.24) is 15.1 Å². The van der Waals surface area contributed by atoms with Crippen LogP contribution < -0.4 is 5.32 Å². The quantitative estimate of drug-likeness (QED) is 0.866. The molecular formula is C18H25N3O3S.